The molecule has 2 aliphatic heterocycles. The fraction of sp³-hybridized carbons (Fsp3) is 0.500. The van der Waals surface area contributed by atoms with Gasteiger partial charge in [0, 0.05) is 24.8 Å². The number of nitriles is 1. The number of ether oxygens (including phenoxy) is 2. The number of aromatic nitrogens is 2. The van der Waals surface area contributed by atoms with Crippen LogP contribution in [0.1, 0.15) is 23.5 Å². The van der Waals surface area contributed by atoms with Gasteiger partial charge < -0.3 is 9.47 Å². The third kappa shape index (κ3) is 1.16. The van der Waals surface area contributed by atoms with Crippen molar-refractivity contribution in [2.45, 2.75) is 18.6 Å². The average molecular weight is 203 g/mol. The summed E-state index contributed by atoms with van der Waals surface area (Å²) in [5.74, 6) is 0.200. The molecule has 1 unspecified atom stereocenters. The van der Waals surface area contributed by atoms with E-state index in [2.05, 4.69) is 9.97 Å². The Balaban J connectivity index is 2.12. The topological polar surface area (TPSA) is 68.0 Å². The van der Waals surface area contributed by atoms with Crippen LogP contribution >= 0.6 is 0 Å². The Labute approximate surface area is 86.7 Å². The molecule has 2 aliphatic rings. The lowest BCUT2D eigenvalue weighted by Gasteiger charge is -2.19. The van der Waals surface area contributed by atoms with Gasteiger partial charge in [0.15, 0.2) is 0 Å². The fourth-order valence-electron chi connectivity index (χ4n) is 2.09. The Morgan fingerprint density at radius 1 is 1.53 bits per heavy atom. The summed E-state index contributed by atoms with van der Waals surface area (Å²) in [6.45, 7) is 1.73. The zero-order valence-electron chi connectivity index (χ0n) is 8.06. The van der Waals surface area contributed by atoms with E-state index in [9.17, 15) is 0 Å². The van der Waals surface area contributed by atoms with Crippen molar-refractivity contribution in [3.05, 3.63) is 23.3 Å². The monoisotopic (exact) mass is 203 g/mol. The molecule has 0 radical (unpaired) electrons. The van der Waals surface area contributed by atoms with Crippen LogP contribution in [0.5, 0.6) is 0 Å². The van der Waals surface area contributed by atoms with Gasteiger partial charge in [0.25, 0.3) is 0 Å². The van der Waals surface area contributed by atoms with Gasteiger partial charge in [-0.2, -0.15) is 5.26 Å². The normalized spacial score (nSPS) is 27.9. The highest BCUT2D eigenvalue weighted by atomic mass is 16.6. The van der Waals surface area contributed by atoms with Gasteiger partial charge in [-0.15, -0.1) is 0 Å². The molecule has 3 rings (SSSR count). The van der Waals surface area contributed by atoms with Gasteiger partial charge in [-0.3, -0.25) is 0 Å². The molecular weight excluding hydrogens is 194 g/mol. The smallest absolute Gasteiger partial charge is 0.232 e. The number of hydrogen-bond donors (Lipinski definition) is 0. The second-order valence-electron chi connectivity index (χ2n) is 3.76. The van der Waals surface area contributed by atoms with Gasteiger partial charge in [0.05, 0.1) is 18.9 Å². The average Bonchev–Trinajstić information content (AvgIpc) is 2.89. The van der Waals surface area contributed by atoms with Crippen molar-refractivity contribution in [2.24, 2.45) is 0 Å². The van der Waals surface area contributed by atoms with Crippen LogP contribution in [-0.4, -0.2) is 23.2 Å². The van der Waals surface area contributed by atoms with E-state index in [0.717, 1.165) is 17.7 Å². The molecule has 3 heterocycles. The van der Waals surface area contributed by atoms with E-state index in [1.807, 2.05) is 6.07 Å². The molecule has 1 aromatic heterocycles. The van der Waals surface area contributed by atoms with Crippen LogP contribution in [0.15, 0.2) is 6.20 Å². The summed E-state index contributed by atoms with van der Waals surface area (Å²) in [6, 6.07) is 1.94. The van der Waals surface area contributed by atoms with Gasteiger partial charge in [-0.25, -0.2) is 9.97 Å². The van der Waals surface area contributed by atoms with Crippen LogP contribution < -0.4 is 0 Å². The molecule has 5 heteroatoms. The van der Waals surface area contributed by atoms with Crippen molar-refractivity contribution in [1.29, 1.82) is 5.26 Å². The lowest BCUT2D eigenvalue weighted by Crippen LogP contribution is -2.26. The predicted octanol–water partition coefficient (Wildman–Crippen LogP) is 0.494. The zero-order valence-corrected chi connectivity index (χ0v) is 8.06. The Hall–Kier alpha value is -1.51. The van der Waals surface area contributed by atoms with Crippen LogP contribution in [-0.2, 0) is 21.7 Å². The Kier molecular flexibility index (Phi) is 1.75. The molecule has 0 amide bonds. The molecule has 0 bridgehead atoms. The minimum atomic E-state index is -0.413. The molecular formula is C10H9N3O2. The highest BCUT2D eigenvalue weighted by molar-refractivity contribution is 5.30. The minimum Gasteiger partial charge on any atom is -0.378 e. The summed E-state index contributed by atoms with van der Waals surface area (Å²) in [7, 11) is 0. The number of hydrogen-bond acceptors (Lipinski definition) is 5. The molecule has 0 saturated carbocycles. The van der Waals surface area contributed by atoms with Gasteiger partial charge in [0.2, 0.25) is 5.82 Å². The first kappa shape index (κ1) is 8.77. The van der Waals surface area contributed by atoms with Gasteiger partial charge >= 0.3 is 0 Å². The Bertz CT molecular complexity index is 446. The van der Waals surface area contributed by atoms with Crippen molar-refractivity contribution in [2.75, 3.05) is 13.2 Å². The fourth-order valence-corrected chi connectivity index (χ4v) is 2.09. The van der Waals surface area contributed by atoms with Crippen LogP contribution in [0.4, 0.5) is 0 Å². The van der Waals surface area contributed by atoms with E-state index in [1.165, 1.54) is 0 Å². The molecule has 1 fully saturated rings. The SMILES string of the molecule is N#Cc1ncc2c(n1)C1(CCOC1)OC2. The maximum absolute atomic E-state index is 8.75. The molecule has 0 aliphatic carbocycles. The maximum Gasteiger partial charge on any atom is 0.232 e. The van der Waals surface area contributed by atoms with Crippen LogP contribution in [0, 0.1) is 11.3 Å². The summed E-state index contributed by atoms with van der Waals surface area (Å²) in [5, 5.41) is 8.75. The first-order valence-corrected chi connectivity index (χ1v) is 4.82. The van der Waals surface area contributed by atoms with Crippen molar-refractivity contribution in [3.63, 3.8) is 0 Å². The second kappa shape index (κ2) is 2.99. The first-order chi connectivity index (χ1) is 7.34. The van der Waals surface area contributed by atoms with E-state index < -0.39 is 5.60 Å². The van der Waals surface area contributed by atoms with E-state index >= 15 is 0 Å². The number of nitrogens with zero attached hydrogens (tertiary/aromatic N) is 3. The van der Waals surface area contributed by atoms with E-state index in [1.54, 1.807) is 6.20 Å². The quantitative estimate of drug-likeness (QED) is 0.614. The highest BCUT2D eigenvalue weighted by Crippen LogP contribution is 2.40. The second-order valence-corrected chi connectivity index (χ2v) is 3.76. The van der Waals surface area contributed by atoms with E-state index in [0.29, 0.717) is 19.8 Å². The predicted molar refractivity (Wildman–Crippen MR) is 48.7 cm³/mol. The Morgan fingerprint density at radius 2 is 2.47 bits per heavy atom. The number of fused-ring (bicyclic) bond motifs is 2. The van der Waals surface area contributed by atoms with E-state index in [4.69, 9.17) is 14.7 Å². The molecule has 0 aromatic carbocycles. The van der Waals surface area contributed by atoms with Crippen LogP contribution in [0.3, 0.4) is 0 Å². The van der Waals surface area contributed by atoms with Crippen molar-refractivity contribution in [1.82, 2.24) is 9.97 Å². The summed E-state index contributed by atoms with van der Waals surface area (Å²) in [4.78, 5) is 8.16. The molecule has 0 N–H and O–H groups in total. The third-order valence-corrected chi connectivity index (χ3v) is 2.89. The summed E-state index contributed by atoms with van der Waals surface area (Å²) < 4.78 is 11.1. The number of rotatable bonds is 0. The third-order valence-electron chi connectivity index (χ3n) is 2.89. The molecule has 5 nitrogen and oxygen atoms in total. The Morgan fingerprint density at radius 3 is 3.20 bits per heavy atom. The minimum absolute atomic E-state index is 0.200. The molecule has 1 spiro atoms. The van der Waals surface area contributed by atoms with Gasteiger partial charge in [0.1, 0.15) is 11.7 Å². The summed E-state index contributed by atoms with van der Waals surface area (Å²) in [6.07, 6.45) is 2.48. The molecule has 1 aromatic rings. The van der Waals surface area contributed by atoms with Crippen molar-refractivity contribution >= 4 is 0 Å². The molecule has 1 saturated heterocycles. The van der Waals surface area contributed by atoms with Gasteiger partial charge in [-0.05, 0) is 0 Å². The molecule has 1 atom stereocenters. The van der Waals surface area contributed by atoms with Gasteiger partial charge in [-0.1, -0.05) is 0 Å². The molecule has 15 heavy (non-hydrogen) atoms. The lowest BCUT2D eigenvalue weighted by molar-refractivity contribution is -0.0442. The van der Waals surface area contributed by atoms with Crippen LogP contribution in [0.25, 0.3) is 0 Å². The highest BCUT2D eigenvalue weighted by Gasteiger charge is 2.45. The maximum atomic E-state index is 8.75. The lowest BCUT2D eigenvalue weighted by atomic mass is 9.98. The van der Waals surface area contributed by atoms with Crippen LogP contribution in [0.2, 0.25) is 0 Å². The van der Waals surface area contributed by atoms with Crippen molar-refractivity contribution < 1.29 is 9.47 Å². The standard InChI is InChI=1S/C10H9N3O2/c11-3-8-12-4-7-5-15-10(9(7)13-8)1-2-14-6-10/h4H,1-2,5-6H2. The van der Waals surface area contributed by atoms with E-state index in [-0.39, 0.29) is 5.82 Å². The zero-order chi connectivity index (χ0) is 10.3. The molecule has 76 valence electrons. The van der Waals surface area contributed by atoms with Crippen molar-refractivity contribution in [3.8, 4) is 6.07 Å². The largest absolute Gasteiger partial charge is 0.378 e. The summed E-state index contributed by atoms with van der Waals surface area (Å²) >= 11 is 0. The summed E-state index contributed by atoms with van der Waals surface area (Å²) in [5.41, 5.74) is 1.40. The first-order valence-electron chi connectivity index (χ1n) is 4.82.